The lowest BCUT2D eigenvalue weighted by Gasteiger charge is -2.22. The van der Waals surface area contributed by atoms with Crippen LogP contribution in [0.5, 0.6) is 11.5 Å². The van der Waals surface area contributed by atoms with Crippen molar-refractivity contribution >= 4 is 15.9 Å². The largest absolute Gasteiger partial charge is 0.493 e. The molecule has 0 spiro atoms. The molecule has 2 aromatic rings. The minimum Gasteiger partial charge on any atom is -0.493 e. The fourth-order valence-electron chi connectivity index (χ4n) is 3.08. The molecule has 2 aromatic carbocycles. The van der Waals surface area contributed by atoms with E-state index in [1.54, 1.807) is 37.4 Å². The Kier molecular flexibility index (Phi) is 9.29. The van der Waals surface area contributed by atoms with Gasteiger partial charge in [-0.2, -0.15) is 0 Å². The van der Waals surface area contributed by atoms with Gasteiger partial charge in [0.05, 0.1) is 25.2 Å². The number of para-hydroxylation sites is 1. The van der Waals surface area contributed by atoms with Crippen LogP contribution < -0.4 is 19.5 Å². The van der Waals surface area contributed by atoms with Crippen LogP contribution in [0.15, 0.2) is 47.4 Å². The molecule has 0 heterocycles. The van der Waals surface area contributed by atoms with Crippen LogP contribution in [0, 0.1) is 6.92 Å². The van der Waals surface area contributed by atoms with Gasteiger partial charge in [0, 0.05) is 32.2 Å². The van der Waals surface area contributed by atoms with Gasteiger partial charge in [0.25, 0.3) is 0 Å². The molecule has 1 amide bonds. The molecule has 2 N–H and O–H groups in total. The summed E-state index contributed by atoms with van der Waals surface area (Å²) in [5.74, 6) is 0.520. The van der Waals surface area contributed by atoms with E-state index in [0.29, 0.717) is 36.6 Å². The lowest BCUT2D eigenvalue weighted by molar-refractivity contribution is -0.121. The lowest BCUT2D eigenvalue weighted by atomic mass is 10.0. The fraction of sp³-hybridized carbons (Fsp3) is 0.409. The third-order valence-corrected chi connectivity index (χ3v) is 6.16. The van der Waals surface area contributed by atoms with Crippen LogP contribution >= 0.6 is 0 Å². The number of sulfonamides is 1. The maximum atomic E-state index is 13.0. The summed E-state index contributed by atoms with van der Waals surface area (Å²) < 4.78 is 44.5. The summed E-state index contributed by atoms with van der Waals surface area (Å²) in [5.41, 5.74) is 1.45. The first-order valence-corrected chi connectivity index (χ1v) is 11.4. The van der Waals surface area contributed by atoms with Crippen molar-refractivity contribution in [1.82, 2.24) is 10.0 Å². The van der Waals surface area contributed by atoms with E-state index in [2.05, 4.69) is 10.0 Å². The molecule has 0 unspecified atom stereocenters. The molecule has 2 rings (SSSR count). The summed E-state index contributed by atoms with van der Waals surface area (Å²) in [6, 6.07) is 10.8. The van der Waals surface area contributed by atoms with Crippen molar-refractivity contribution in [3.63, 3.8) is 0 Å². The number of rotatable bonds is 12. The number of ether oxygens (including phenoxy) is 3. The van der Waals surface area contributed by atoms with E-state index in [1.807, 2.05) is 6.92 Å². The van der Waals surface area contributed by atoms with E-state index >= 15 is 0 Å². The van der Waals surface area contributed by atoms with Crippen LogP contribution in [0.25, 0.3) is 0 Å². The van der Waals surface area contributed by atoms with Gasteiger partial charge in [-0.05, 0) is 31.5 Å². The van der Waals surface area contributed by atoms with E-state index in [1.165, 1.54) is 26.4 Å². The molecule has 170 valence electrons. The van der Waals surface area contributed by atoms with Gasteiger partial charge in [-0.3, -0.25) is 4.79 Å². The SMILES string of the molecule is COCCCNC(=O)C[C@H](NS(=O)(=O)c1ccc(C)cc1)c1cccc(OC)c1OC. The van der Waals surface area contributed by atoms with Gasteiger partial charge in [0.15, 0.2) is 11.5 Å². The number of hydrogen-bond donors (Lipinski definition) is 2. The zero-order valence-electron chi connectivity index (χ0n) is 18.3. The van der Waals surface area contributed by atoms with Crippen LogP contribution in [-0.2, 0) is 19.6 Å². The summed E-state index contributed by atoms with van der Waals surface area (Å²) in [4.78, 5) is 12.7. The smallest absolute Gasteiger partial charge is 0.241 e. The number of hydrogen-bond acceptors (Lipinski definition) is 6. The highest BCUT2D eigenvalue weighted by atomic mass is 32.2. The Bertz CT molecular complexity index is 960. The first-order chi connectivity index (χ1) is 14.8. The number of methoxy groups -OCH3 is 3. The Morgan fingerprint density at radius 2 is 1.74 bits per heavy atom. The van der Waals surface area contributed by atoms with Gasteiger partial charge in [-0.1, -0.05) is 29.8 Å². The first-order valence-electron chi connectivity index (χ1n) is 9.88. The molecule has 0 saturated heterocycles. The summed E-state index contributed by atoms with van der Waals surface area (Å²) in [6.45, 7) is 2.83. The standard InChI is InChI=1S/C22H30N2O6S/c1-16-9-11-17(12-10-16)31(26,27)24-19(15-21(25)23-13-6-14-28-2)18-7-5-8-20(29-3)22(18)30-4/h5,7-12,19,24H,6,13-15H2,1-4H3,(H,23,25)/t19-/m0/s1. The predicted octanol–water partition coefficient (Wildman–Crippen LogP) is 2.57. The minimum absolute atomic E-state index is 0.110. The second kappa shape index (κ2) is 11.7. The maximum Gasteiger partial charge on any atom is 0.241 e. The molecule has 1 atom stereocenters. The Balaban J connectivity index is 2.34. The van der Waals surface area contributed by atoms with E-state index in [9.17, 15) is 13.2 Å². The van der Waals surface area contributed by atoms with E-state index in [-0.39, 0.29) is 17.2 Å². The molecule has 8 nitrogen and oxygen atoms in total. The molecule has 0 fully saturated rings. The quantitative estimate of drug-likeness (QED) is 0.482. The van der Waals surface area contributed by atoms with Gasteiger partial charge < -0.3 is 19.5 Å². The summed E-state index contributed by atoms with van der Waals surface area (Å²) >= 11 is 0. The first kappa shape index (κ1) is 24.6. The average Bonchev–Trinajstić information content (AvgIpc) is 2.75. The highest BCUT2D eigenvalue weighted by molar-refractivity contribution is 7.89. The van der Waals surface area contributed by atoms with Crippen LogP contribution in [0.4, 0.5) is 0 Å². The Hall–Kier alpha value is -2.62. The number of benzene rings is 2. The number of nitrogens with one attached hydrogen (secondary N) is 2. The van der Waals surface area contributed by atoms with Crippen molar-refractivity contribution in [3.05, 3.63) is 53.6 Å². The van der Waals surface area contributed by atoms with Crippen molar-refractivity contribution in [2.24, 2.45) is 0 Å². The van der Waals surface area contributed by atoms with Gasteiger partial charge >= 0.3 is 0 Å². The minimum atomic E-state index is -3.89. The molecule has 0 aliphatic carbocycles. The van der Waals surface area contributed by atoms with Gasteiger partial charge in [0.1, 0.15) is 0 Å². The van der Waals surface area contributed by atoms with Crippen LogP contribution in [-0.4, -0.2) is 48.8 Å². The Morgan fingerprint density at radius 3 is 2.35 bits per heavy atom. The van der Waals surface area contributed by atoms with Crippen LogP contribution in [0.2, 0.25) is 0 Å². The summed E-state index contributed by atoms with van der Waals surface area (Å²) in [7, 11) is 0.666. The van der Waals surface area contributed by atoms with Crippen molar-refractivity contribution in [2.75, 3.05) is 34.5 Å². The molecular weight excluding hydrogens is 420 g/mol. The highest BCUT2D eigenvalue weighted by Crippen LogP contribution is 2.36. The number of carbonyl (C=O) groups excluding carboxylic acids is 1. The van der Waals surface area contributed by atoms with Crippen LogP contribution in [0.1, 0.15) is 30.0 Å². The summed E-state index contributed by atoms with van der Waals surface area (Å²) in [6.07, 6.45) is 0.548. The normalized spacial score (nSPS) is 12.3. The van der Waals surface area contributed by atoms with Crippen molar-refractivity contribution in [1.29, 1.82) is 0 Å². The molecule has 0 aliphatic rings. The molecular formula is C22H30N2O6S. The molecule has 0 aromatic heterocycles. The topological polar surface area (TPSA) is 103 Å². The van der Waals surface area contributed by atoms with E-state index in [0.717, 1.165) is 5.56 Å². The van der Waals surface area contributed by atoms with Crippen molar-refractivity contribution in [2.45, 2.75) is 30.7 Å². The van der Waals surface area contributed by atoms with Gasteiger partial charge in [-0.15, -0.1) is 0 Å². The number of carbonyl (C=O) groups is 1. The van der Waals surface area contributed by atoms with Crippen molar-refractivity contribution < 1.29 is 27.4 Å². The zero-order chi connectivity index (χ0) is 22.9. The second-order valence-electron chi connectivity index (χ2n) is 6.97. The molecule has 0 radical (unpaired) electrons. The molecule has 0 saturated carbocycles. The third kappa shape index (κ3) is 6.95. The molecule has 0 aliphatic heterocycles. The van der Waals surface area contributed by atoms with Crippen molar-refractivity contribution in [3.8, 4) is 11.5 Å². The number of amides is 1. The molecule has 0 bridgehead atoms. The zero-order valence-corrected chi connectivity index (χ0v) is 19.1. The van der Waals surface area contributed by atoms with Crippen LogP contribution in [0.3, 0.4) is 0 Å². The third-order valence-electron chi connectivity index (χ3n) is 4.67. The predicted molar refractivity (Wildman–Crippen MR) is 118 cm³/mol. The van der Waals surface area contributed by atoms with Gasteiger partial charge in [-0.25, -0.2) is 13.1 Å². The average molecular weight is 451 g/mol. The second-order valence-corrected chi connectivity index (χ2v) is 8.68. The highest BCUT2D eigenvalue weighted by Gasteiger charge is 2.27. The Morgan fingerprint density at radius 1 is 1.03 bits per heavy atom. The molecule has 31 heavy (non-hydrogen) atoms. The monoisotopic (exact) mass is 450 g/mol. The van der Waals surface area contributed by atoms with E-state index < -0.39 is 16.1 Å². The fourth-order valence-corrected chi connectivity index (χ4v) is 4.29. The summed E-state index contributed by atoms with van der Waals surface area (Å²) in [5, 5.41) is 2.79. The Labute approximate surface area is 184 Å². The molecule has 9 heteroatoms. The van der Waals surface area contributed by atoms with E-state index in [4.69, 9.17) is 14.2 Å². The lowest BCUT2D eigenvalue weighted by Crippen LogP contribution is -2.34. The van der Waals surface area contributed by atoms with Gasteiger partial charge in [0.2, 0.25) is 15.9 Å². The number of aryl methyl sites for hydroxylation is 1. The maximum absolute atomic E-state index is 13.0.